The molecular weight excluding hydrogens is 150 g/mol. The van der Waals surface area contributed by atoms with E-state index in [1.54, 1.807) is 13.8 Å². The van der Waals surface area contributed by atoms with Gasteiger partial charge in [-0.2, -0.15) is 0 Å². The molecule has 0 aromatic carbocycles. The van der Waals surface area contributed by atoms with Gasteiger partial charge in [0, 0.05) is 0 Å². The highest BCUT2D eigenvalue weighted by Crippen LogP contribution is 2.19. The Balaban J connectivity index is 2.82. The largest absolute Gasteiger partial charge is 0.478 e. The van der Waals surface area contributed by atoms with Crippen LogP contribution < -0.4 is 5.32 Å². The standard InChI is InChI=1S/C6H9NO4/c1-6(2)3(4(8)9)11-5(10)7-6/h3H,1-2H3,(H,7,10)(H,8,9)/t3-/m0/s1. The summed E-state index contributed by atoms with van der Waals surface area (Å²) in [6.07, 6.45) is -1.77. The maximum Gasteiger partial charge on any atom is 0.408 e. The van der Waals surface area contributed by atoms with Gasteiger partial charge in [-0.1, -0.05) is 0 Å². The first-order chi connectivity index (χ1) is 4.93. The Morgan fingerprint density at radius 3 is 2.45 bits per heavy atom. The minimum Gasteiger partial charge on any atom is -0.478 e. The molecule has 0 unspecified atom stereocenters. The van der Waals surface area contributed by atoms with Crippen LogP contribution in [0.3, 0.4) is 0 Å². The molecule has 11 heavy (non-hydrogen) atoms. The van der Waals surface area contributed by atoms with Gasteiger partial charge in [-0.25, -0.2) is 9.59 Å². The molecule has 1 aliphatic heterocycles. The highest BCUT2D eigenvalue weighted by Gasteiger charge is 2.45. The SMILES string of the molecule is CC1(C)NC(=O)O[C@H]1C(=O)O. The normalized spacial score (nSPS) is 27.5. The Morgan fingerprint density at radius 1 is 1.73 bits per heavy atom. The Kier molecular flexibility index (Phi) is 1.51. The van der Waals surface area contributed by atoms with Crippen molar-refractivity contribution in [2.75, 3.05) is 0 Å². The van der Waals surface area contributed by atoms with Gasteiger partial charge < -0.3 is 15.2 Å². The lowest BCUT2D eigenvalue weighted by Gasteiger charge is -2.18. The summed E-state index contributed by atoms with van der Waals surface area (Å²) in [6, 6.07) is 0. The van der Waals surface area contributed by atoms with Gasteiger partial charge >= 0.3 is 12.1 Å². The topological polar surface area (TPSA) is 75.6 Å². The first kappa shape index (κ1) is 7.84. The second-order valence-electron chi connectivity index (χ2n) is 2.97. The summed E-state index contributed by atoms with van der Waals surface area (Å²) >= 11 is 0. The molecule has 1 fully saturated rings. The fraction of sp³-hybridized carbons (Fsp3) is 0.667. The zero-order valence-electron chi connectivity index (χ0n) is 6.25. The minimum atomic E-state index is -1.13. The van der Waals surface area contributed by atoms with E-state index in [0.717, 1.165) is 0 Å². The van der Waals surface area contributed by atoms with Gasteiger partial charge in [0.2, 0.25) is 6.10 Å². The van der Waals surface area contributed by atoms with Gasteiger partial charge in [-0.3, -0.25) is 0 Å². The molecule has 0 aromatic rings. The van der Waals surface area contributed by atoms with Crippen LogP contribution >= 0.6 is 0 Å². The number of carbonyl (C=O) groups is 2. The number of carboxylic acid groups (broad SMARTS) is 1. The van der Waals surface area contributed by atoms with Gasteiger partial charge in [0.05, 0.1) is 5.54 Å². The number of amides is 1. The van der Waals surface area contributed by atoms with Crippen molar-refractivity contribution in [3.8, 4) is 0 Å². The van der Waals surface area contributed by atoms with Crippen molar-refractivity contribution in [2.24, 2.45) is 0 Å². The molecule has 0 radical (unpaired) electrons. The smallest absolute Gasteiger partial charge is 0.408 e. The molecule has 0 bridgehead atoms. The predicted molar refractivity (Wildman–Crippen MR) is 35.1 cm³/mol. The van der Waals surface area contributed by atoms with Crippen LogP contribution in [-0.2, 0) is 9.53 Å². The summed E-state index contributed by atoms with van der Waals surface area (Å²) in [5, 5.41) is 10.9. The summed E-state index contributed by atoms with van der Waals surface area (Å²) in [6.45, 7) is 3.19. The van der Waals surface area contributed by atoms with Crippen molar-refractivity contribution in [3.05, 3.63) is 0 Å². The van der Waals surface area contributed by atoms with E-state index in [9.17, 15) is 9.59 Å². The number of alkyl carbamates (subject to hydrolysis) is 1. The predicted octanol–water partition coefficient (Wildman–Crippen LogP) is -0.0420. The van der Waals surface area contributed by atoms with E-state index in [2.05, 4.69) is 10.1 Å². The van der Waals surface area contributed by atoms with Crippen LogP contribution in [0, 0.1) is 0 Å². The van der Waals surface area contributed by atoms with E-state index >= 15 is 0 Å². The molecule has 62 valence electrons. The zero-order valence-corrected chi connectivity index (χ0v) is 6.25. The van der Waals surface area contributed by atoms with Crippen LogP contribution in [0.25, 0.3) is 0 Å². The molecule has 2 N–H and O–H groups in total. The van der Waals surface area contributed by atoms with E-state index in [-0.39, 0.29) is 0 Å². The van der Waals surface area contributed by atoms with E-state index in [4.69, 9.17) is 5.11 Å². The maximum atomic E-state index is 10.6. The molecular formula is C6H9NO4. The lowest BCUT2D eigenvalue weighted by Crippen LogP contribution is -2.46. The average Bonchev–Trinajstić information content (AvgIpc) is 2.04. The van der Waals surface area contributed by atoms with Gasteiger partial charge in [0.25, 0.3) is 0 Å². The molecule has 0 aliphatic carbocycles. The van der Waals surface area contributed by atoms with Crippen molar-refractivity contribution in [2.45, 2.75) is 25.5 Å². The molecule has 0 saturated carbocycles. The van der Waals surface area contributed by atoms with Gasteiger partial charge in [0.15, 0.2) is 0 Å². The number of hydrogen-bond acceptors (Lipinski definition) is 3. The zero-order chi connectivity index (χ0) is 8.65. The lowest BCUT2D eigenvalue weighted by molar-refractivity contribution is -0.147. The number of nitrogens with one attached hydrogen (secondary N) is 1. The van der Waals surface area contributed by atoms with Crippen LogP contribution in [0.15, 0.2) is 0 Å². The van der Waals surface area contributed by atoms with Gasteiger partial charge in [0.1, 0.15) is 0 Å². The first-order valence-electron chi connectivity index (χ1n) is 3.15. The quantitative estimate of drug-likeness (QED) is 0.562. The molecule has 0 aromatic heterocycles. The molecule has 1 amide bonds. The monoisotopic (exact) mass is 159 g/mol. The maximum absolute atomic E-state index is 10.6. The molecule has 0 spiro atoms. The third-order valence-corrected chi connectivity index (χ3v) is 1.53. The third-order valence-electron chi connectivity index (χ3n) is 1.53. The summed E-state index contributed by atoms with van der Waals surface area (Å²) in [7, 11) is 0. The van der Waals surface area contributed by atoms with Crippen molar-refractivity contribution in [1.29, 1.82) is 0 Å². The number of cyclic esters (lactones) is 1. The number of rotatable bonds is 1. The lowest BCUT2D eigenvalue weighted by atomic mass is 9.99. The van der Waals surface area contributed by atoms with Crippen LogP contribution in [0.5, 0.6) is 0 Å². The highest BCUT2D eigenvalue weighted by atomic mass is 16.6. The molecule has 1 heterocycles. The number of hydrogen-bond donors (Lipinski definition) is 2. The Hall–Kier alpha value is -1.26. The summed E-state index contributed by atoms with van der Waals surface area (Å²) in [4.78, 5) is 21.0. The second-order valence-corrected chi connectivity index (χ2v) is 2.97. The summed E-state index contributed by atoms with van der Waals surface area (Å²) in [5.41, 5.74) is -0.817. The molecule has 1 saturated heterocycles. The fourth-order valence-electron chi connectivity index (χ4n) is 0.972. The first-order valence-corrected chi connectivity index (χ1v) is 3.15. The number of carboxylic acids is 1. The summed E-state index contributed by atoms with van der Waals surface area (Å²) in [5.74, 6) is -1.13. The van der Waals surface area contributed by atoms with Crippen molar-refractivity contribution >= 4 is 12.1 Å². The van der Waals surface area contributed by atoms with E-state index in [0.29, 0.717) is 0 Å². The number of carbonyl (C=O) groups excluding carboxylic acids is 1. The second kappa shape index (κ2) is 2.11. The van der Waals surface area contributed by atoms with Crippen LogP contribution in [0.1, 0.15) is 13.8 Å². The Bertz CT molecular complexity index is 211. The molecule has 5 nitrogen and oxygen atoms in total. The van der Waals surface area contributed by atoms with Crippen LogP contribution in [-0.4, -0.2) is 28.8 Å². The molecule has 1 aliphatic rings. The fourth-order valence-corrected chi connectivity index (χ4v) is 0.972. The van der Waals surface area contributed by atoms with E-state index in [1.807, 2.05) is 0 Å². The van der Waals surface area contributed by atoms with Crippen LogP contribution in [0.4, 0.5) is 4.79 Å². The van der Waals surface area contributed by atoms with Crippen molar-refractivity contribution < 1.29 is 19.4 Å². The Morgan fingerprint density at radius 2 is 2.27 bits per heavy atom. The highest BCUT2D eigenvalue weighted by molar-refractivity contribution is 5.83. The summed E-state index contributed by atoms with van der Waals surface area (Å²) < 4.78 is 4.49. The van der Waals surface area contributed by atoms with Gasteiger partial charge in [-0.15, -0.1) is 0 Å². The molecule has 1 rings (SSSR count). The van der Waals surface area contributed by atoms with E-state index in [1.165, 1.54) is 0 Å². The molecule has 1 atom stereocenters. The van der Waals surface area contributed by atoms with Gasteiger partial charge in [-0.05, 0) is 13.8 Å². The minimum absolute atomic E-state index is 0.678. The number of aliphatic carboxylic acids is 1. The average molecular weight is 159 g/mol. The third kappa shape index (κ3) is 1.26. The van der Waals surface area contributed by atoms with Crippen molar-refractivity contribution in [1.82, 2.24) is 5.32 Å². The Labute approximate surface area is 63.3 Å². The van der Waals surface area contributed by atoms with Crippen LogP contribution in [0.2, 0.25) is 0 Å². The van der Waals surface area contributed by atoms with E-state index < -0.39 is 23.7 Å². The molecule has 5 heteroatoms. The number of ether oxygens (including phenoxy) is 1. The van der Waals surface area contributed by atoms with Crippen molar-refractivity contribution in [3.63, 3.8) is 0 Å².